The van der Waals surface area contributed by atoms with Gasteiger partial charge in [-0.05, 0) is 31.5 Å². The van der Waals surface area contributed by atoms with Crippen LogP contribution >= 0.6 is 0 Å². The molecule has 0 amide bonds. The van der Waals surface area contributed by atoms with Gasteiger partial charge in [0, 0.05) is 5.56 Å². The van der Waals surface area contributed by atoms with Gasteiger partial charge in [-0.2, -0.15) is 0 Å². The second-order valence-electron chi connectivity index (χ2n) is 6.01. The van der Waals surface area contributed by atoms with Gasteiger partial charge >= 0.3 is 0 Å². The van der Waals surface area contributed by atoms with Gasteiger partial charge in [-0.1, -0.05) is 24.3 Å². The smallest absolute Gasteiger partial charge is 0.158 e. The summed E-state index contributed by atoms with van der Waals surface area (Å²) in [6, 6.07) is 11.8. The first-order valence-electron chi connectivity index (χ1n) is 8.24. The quantitative estimate of drug-likeness (QED) is 0.491. The van der Waals surface area contributed by atoms with Crippen LogP contribution in [0.15, 0.2) is 40.8 Å². The summed E-state index contributed by atoms with van der Waals surface area (Å²) in [4.78, 5) is 0. The highest BCUT2D eigenvalue weighted by Gasteiger charge is 2.07. The van der Waals surface area contributed by atoms with Gasteiger partial charge in [0.2, 0.25) is 0 Å². The highest BCUT2D eigenvalue weighted by molar-refractivity contribution is 5.58. The van der Waals surface area contributed by atoms with E-state index in [1.54, 1.807) is 13.8 Å². The molecule has 2 rings (SSSR count). The number of quaternary nitrogens is 2. The van der Waals surface area contributed by atoms with Crippen molar-refractivity contribution in [3.63, 3.8) is 0 Å². The van der Waals surface area contributed by atoms with Crippen molar-refractivity contribution in [1.29, 1.82) is 0 Å². The summed E-state index contributed by atoms with van der Waals surface area (Å²) in [5.74, 6) is 1.81. The Labute approximate surface area is 137 Å². The molecule has 0 bridgehead atoms. The highest BCUT2D eigenvalue weighted by atomic mass is 16.3. The average molecular weight is 320 g/mol. The van der Waals surface area contributed by atoms with E-state index in [4.69, 9.17) is 4.42 Å². The average Bonchev–Trinajstić information content (AvgIpc) is 2.99. The number of rotatable bonds is 9. The summed E-state index contributed by atoms with van der Waals surface area (Å²) in [5, 5.41) is 23.0. The zero-order valence-electron chi connectivity index (χ0n) is 13.9. The van der Waals surface area contributed by atoms with E-state index in [9.17, 15) is 10.2 Å². The fourth-order valence-electron chi connectivity index (χ4n) is 2.41. The number of aliphatic hydroxyl groups is 2. The van der Waals surface area contributed by atoms with Crippen LogP contribution < -0.4 is 10.6 Å². The van der Waals surface area contributed by atoms with Crippen LogP contribution in [0.5, 0.6) is 0 Å². The predicted octanol–water partition coefficient (Wildman–Crippen LogP) is 0.00750. The molecule has 1 aromatic heterocycles. The van der Waals surface area contributed by atoms with Gasteiger partial charge in [0.25, 0.3) is 0 Å². The largest absolute Gasteiger partial charge is 0.455 e. The molecule has 0 radical (unpaired) electrons. The molecular formula is C18H28N2O3+2. The van der Waals surface area contributed by atoms with Crippen molar-refractivity contribution in [3.8, 4) is 11.3 Å². The van der Waals surface area contributed by atoms with Gasteiger partial charge in [-0.25, -0.2) is 0 Å². The van der Waals surface area contributed by atoms with Crippen molar-refractivity contribution >= 4 is 0 Å². The van der Waals surface area contributed by atoms with Crippen molar-refractivity contribution < 1.29 is 25.3 Å². The molecule has 0 unspecified atom stereocenters. The van der Waals surface area contributed by atoms with Gasteiger partial charge < -0.3 is 25.3 Å². The Bertz CT molecular complexity index is 576. The molecule has 0 fully saturated rings. The second kappa shape index (κ2) is 8.84. The third-order valence-electron chi connectivity index (χ3n) is 3.77. The van der Waals surface area contributed by atoms with Gasteiger partial charge in [-0.3, -0.25) is 0 Å². The number of hydrogen-bond donors (Lipinski definition) is 4. The minimum Gasteiger partial charge on any atom is -0.455 e. The van der Waals surface area contributed by atoms with Crippen molar-refractivity contribution in [2.75, 3.05) is 19.6 Å². The van der Waals surface area contributed by atoms with Crippen LogP contribution in [0.2, 0.25) is 0 Å². The molecule has 126 valence electrons. The Balaban J connectivity index is 1.79. The summed E-state index contributed by atoms with van der Waals surface area (Å²) < 4.78 is 5.87. The summed E-state index contributed by atoms with van der Waals surface area (Å²) >= 11 is 0. The van der Waals surface area contributed by atoms with Gasteiger partial charge in [0.05, 0.1) is 12.2 Å². The number of benzene rings is 1. The normalized spacial score (nSPS) is 13.9. The Morgan fingerprint density at radius 1 is 0.957 bits per heavy atom. The fraction of sp³-hybridized carbons (Fsp3) is 0.444. The molecule has 5 nitrogen and oxygen atoms in total. The second-order valence-corrected chi connectivity index (χ2v) is 6.01. The highest BCUT2D eigenvalue weighted by Crippen LogP contribution is 2.23. The Morgan fingerprint density at radius 3 is 2.30 bits per heavy atom. The van der Waals surface area contributed by atoms with Crippen LogP contribution in [-0.2, 0) is 6.54 Å². The minimum atomic E-state index is -0.448. The molecule has 0 spiro atoms. The number of hydrogen-bond acceptors (Lipinski definition) is 3. The lowest BCUT2D eigenvalue weighted by Crippen LogP contribution is -2.95. The first-order valence-corrected chi connectivity index (χ1v) is 8.24. The van der Waals surface area contributed by atoms with Crippen LogP contribution in [0.4, 0.5) is 0 Å². The molecule has 1 aromatic carbocycles. The molecule has 0 aliphatic heterocycles. The molecule has 0 saturated carbocycles. The third-order valence-corrected chi connectivity index (χ3v) is 3.77. The molecule has 0 aliphatic rings. The zero-order chi connectivity index (χ0) is 16.7. The summed E-state index contributed by atoms with van der Waals surface area (Å²) in [7, 11) is 0. The molecule has 0 aliphatic carbocycles. The third kappa shape index (κ3) is 5.80. The Kier molecular flexibility index (Phi) is 6.80. The summed E-state index contributed by atoms with van der Waals surface area (Å²) in [5.41, 5.74) is 1.92. The summed E-state index contributed by atoms with van der Waals surface area (Å²) in [6.45, 7) is 7.10. The monoisotopic (exact) mass is 320 g/mol. The van der Waals surface area contributed by atoms with Crippen LogP contribution in [-0.4, -0.2) is 36.0 Å². The topological polar surface area (TPSA) is 86.8 Å². The molecule has 5 heteroatoms. The lowest BCUT2D eigenvalue weighted by molar-refractivity contribution is -0.733. The van der Waals surface area contributed by atoms with E-state index >= 15 is 0 Å². The molecule has 23 heavy (non-hydrogen) atoms. The molecular weight excluding hydrogens is 292 g/mol. The van der Waals surface area contributed by atoms with E-state index in [1.165, 1.54) is 0 Å². The Morgan fingerprint density at radius 2 is 1.65 bits per heavy atom. The van der Waals surface area contributed by atoms with E-state index in [2.05, 4.69) is 10.6 Å². The maximum atomic E-state index is 9.53. The van der Waals surface area contributed by atoms with Crippen LogP contribution in [0.3, 0.4) is 0 Å². The maximum absolute atomic E-state index is 9.53. The molecule has 6 N–H and O–H groups in total. The van der Waals surface area contributed by atoms with E-state index in [0.29, 0.717) is 0 Å². The minimum absolute atomic E-state index is 0.247. The Hall–Kier alpha value is -1.66. The van der Waals surface area contributed by atoms with Crippen LogP contribution in [0, 0.1) is 0 Å². The standard InChI is InChI=1S/C18H26N2O3/c1-13(21)11-19-9-10-20-12-17-7-8-18(23-17)16-5-3-15(4-6-16)14(2)22/h3-8,13-14,19-22H,9-12H2,1-2H3/p+2/t13-,14+/m1/s1. The maximum Gasteiger partial charge on any atom is 0.158 e. The van der Waals surface area contributed by atoms with E-state index < -0.39 is 6.10 Å². The fourth-order valence-corrected chi connectivity index (χ4v) is 2.41. The number of aliphatic hydroxyl groups excluding tert-OH is 2. The van der Waals surface area contributed by atoms with Gasteiger partial charge in [-0.15, -0.1) is 0 Å². The van der Waals surface area contributed by atoms with Crippen molar-refractivity contribution in [1.82, 2.24) is 0 Å². The molecule has 2 aromatic rings. The molecule has 1 heterocycles. The number of furan rings is 1. The van der Waals surface area contributed by atoms with Crippen LogP contribution in [0.25, 0.3) is 11.3 Å². The van der Waals surface area contributed by atoms with Crippen molar-refractivity contribution in [2.45, 2.75) is 32.6 Å². The van der Waals surface area contributed by atoms with E-state index in [0.717, 1.165) is 48.8 Å². The first-order chi connectivity index (χ1) is 11.1. The van der Waals surface area contributed by atoms with Gasteiger partial charge in [0.1, 0.15) is 31.9 Å². The predicted molar refractivity (Wildman–Crippen MR) is 88.6 cm³/mol. The first kappa shape index (κ1) is 17.7. The van der Waals surface area contributed by atoms with E-state index in [-0.39, 0.29) is 6.10 Å². The van der Waals surface area contributed by atoms with Crippen LogP contribution in [0.1, 0.15) is 31.3 Å². The number of nitrogens with two attached hydrogens (primary N) is 2. The lowest BCUT2D eigenvalue weighted by atomic mass is 10.1. The SMILES string of the molecule is C[C@H](O)c1ccc(-c2ccc(C[NH2+]CC[NH2+]C[C@@H](C)O)o2)cc1. The van der Waals surface area contributed by atoms with Crippen molar-refractivity contribution in [3.05, 3.63) is 47.7 Å². The van der Waals surface area contributed by atoms with Gasteiger partial charge in [0.15, 0.2) is 5.76 Å². The zero-order valence-corrected chi connectivity index (χ0v) is 13.9. The molecule has 0 saturated heterocycles. The molecule has 2 atom stereocenters. The van der Waals surface area contributed by atoms with Crippen molar-refractivity contribution in [2.24, 2.45) is 0 Å². The van der Waals surface area contributed by atoms with E-state index in [1.807, 2.05) is 36.4 Å². The lowest BCUT2D eigenvalue weighted by Gasteiger charge is -2.05. The summed E-state index contributed by atoms with van der Waals surface area (Å²) in [6.07, 6.45) is -0.695.